The Kier molecular flexibility index (Phi) is 8.02. The second-order valence-electron chi connectivity index (χ2n) is 11.5. The molecule has 1 aromatic carbocycles. The monoisotopic (exact) mass is 565 g/mol. The van der Waals surface area contributed by atoms with Gasteiger partial charge in [-0.25, -0.2) is 4.68 Å². The van der Waals surface area contributed by atoms with Crippen LogP contribution < -0.4 is 0 Å². The third kappa shape index (κ3) is 4.64. The van der Waals surface area contributed by atoms with E-state index in [1.54, 1.807) is 26.6 Å². The Morgan fingerprint density at radius 2 is 2.05 bits per heavy atom. The number of amides is 2. The highest BCUT2D eigenvalue weighted by Gasteiger charge is 2.80. The minimum Gasteiger partial charge on any atom is -0.465 e. The van der Waals surface area contributed by atoms with Gasteiger partial charge in [0.05, 0.1) is 23.6 Å². The number of hydrogen-bond donors (Lipinski definition) is 1. The number of aromatic nitrogens is 3. The molecule has 1 spiro atoms. The molecular weight excluding hydrogens is 526 g/mol. The van der Waals surface area contributed by atoms with Gasteiger partial charge in [0.2, 0.25) is 11.8 Å². The van der Waals surface area contributed by atoms with Crippen molar-refractivity contribution in [2.24, 2.45) is 17.8 Å². The molecule has 5 rings (SSSR count). The molecule has 0 radical (unpaired) electrons. The Bertz CT molecular complexity index is 1340. The second-order valence-corrected chi connectivity index (χ2v) is 11.5. The Morgan fingerprint density at radius 3 is 2.78 bits per heavy atom. The number of esters is 1. The molecule has 0 saturated carbocycles. The molecule has 3 fully saturated rings. The number of para-hydroxylation sites is 1. The van der Waals surface area contributed by atoms with Crippen LogP contribution in [0, 0.1) is 17.8 Å². The van der Waals surface area contributed by atoms with E-state index in [0.29, 0.717) is 31.2 Å². The van der Waals surface area contributed by atoms with Crippen LogP contribution >= 0.6 is 0 Å². The van der Waals surface area contributed by atoms with E-state index in [2.05, 4.69) is 23.5 Å². The van der Waals surface area contributed by atoms with Crippen LogP contribution in [0.25, 0.3) is 11.0 Å². The first kappa shape index (κ1) is 28.9. The molecule has 3 unspecified atom stereocenters. The molecule has 220 valence electrons. The van der Waals surface area contributed by atoms with E-state index < -0.39 is 35.0 Å². The quantitative estimate of drug-likeness (QED) is 0.223. The normalized spacial score (nSPS) is 30.0. The van der Waals surface area contributed by atoms with Crippen molar-refractivity contribution < 1.29 is 29.0 Å². The summed E-state index contributed by atoms with van der Waals surface area (Å²) in [6, 6.07) is 6.53. The molecule has 3 saturated heterocycles. The number of carbonyl (C=O) groups is 3. The van der Waals surface area contributed by atoms with Crippen LogP contribution in [0.2, 0.25) is 0 Å². The molecular formula is C30H39N5O6. The first-order valence-electron chi connectivity index (χ1n) is 14.3. The van der Waals surface area contributed by atoms with E-state index in [0.717, 1.165) is 5.52 Å². The SMILES string of the molecule is C=CCCOC(=O)[C@@H]1[C@H]2C(=O)N(CCCCO)C(C(=O)N(CC=C)Cn3nnc4ccccc43)C23CC(C)[C@@]1(C)O3. The first-order valence-corrected chi connectivity index (χ1v) is 14.3. The van der Waals surface area contributed by atoms with Crippen LogP contribution in [0.1, 0.15) is 39.5 Å². The van der Waals surface area contributed by atoms with E-state index in [1.807, 2.05) is 38.1 Å². The molecule has 6 atom stereocenters. The summed E-state index contributed by atoms with van der Waals surface area (Å²) in [5.41, 5.74) is -0.661. The number of likely N-dealkylation sites (tertiary alicyclic amines) is 1. The number of ether oxygens (including phenoxy) is 2. The van der Waals surface area contributed by atoms with E-state index >= 15 is 0 Å². The molecule has 11 nitrogen and oxygen atoms in total. The standard InChI is InChI=1S/C30H39N5O6/c1-5-7-17-40-28(39)24-23-26(37)34(15-10-11-16-36)25(30(23)18-20(3)29(24,4)41-30)27(38)33(14-6-2)19-35-22-13-9-8-12-21(22)31-32-35/h5-6,8-9,12-13,20,23-25,36H,1-2,7,10-11,14-19H2,3-4H3/t20?,23-,24-,25?,29+,30?/m0/s1. The average molecular weight is 566 g/mol. The summed E-state index contributed by atoms with van der Waals surface area (Å²) in [7, 11) is 0. The van der Waals surface area contributed by atoms with Crippen LogP contribution in [-0.4, -0.2) is 91.2 Å². The number of aliphatic hydroxyl groups excluding tert-OH is 1. The van der Waals surface area contributed by atoms with Crippen molar-refractivity contribution in [2.45, 2.75) is 63.4 Å². The third-order valence-electron chi connectivity index (χ3n) is 9.06. The topological polar surface area (TPSA) is 127 Å². The number of fused-ring (bicyclic) bond motifs is 2. The van der Waals surface area contributed by atoms with Gasteiger partial charge < -0.3 is 24.4 Å². The molecule has 41 heavy (non-hydrogen) atoms. The zero-order chi connectivity index (χ0) is 29.4. The lowest BCUT2D eigenvalue weighted by atomic mass is 9.62. The average Bonchev–Trinajstić information content (AvgIpc) is 3.62. The van der Waals surface area contributed by atoms with E-state index in [4.69, 9.17) is 9.47 Å². The number of carbonyl (C=O) groups excluding carboxylic acids is 3. The van der Waals surface area contributed by atoms with Crippen LogP contribution in [0.3, 0.4) is 0 Å². The highest BCUT2D eigenvalue weighted by Crippen LogP contribution is 2.65. The summed E-state index contributed by atoms with van der Waals surface area (Å²) >= 11 is 0. The summed E-state index contributed by atoms with van der Waals surface area (Å²) < 4.78 is 14.0. The zero-order valence-electron chi connectivity index (χ0n) is 23.8. The number of unbranched alkanes of at least 4 members (excludes halogenated alkanes) is 1. The van der Waals surface area contributed by atoms with Gasteiger partial charge in [0.15, 0.2) is 0 Å². The molecule has 2 amide bonds. The van der Waals surface area contributed by atoms with Crippen LogP contribution in [-0.2, 0) is 30.5 Å². The number of rotatable bonds is 13. The maximum atomic E-state index is 14.6. The van der Waals surface area contributed by atoms with Crippen molar-refractivity contribution in [2.75, 3.05) is 26.3 Å². The number of aliphatic hydroxyl groups is 1. The predicted octanol–water partition coefficient (Wildman–Crippen LogP) is 2.31. The van der Waals surface area contributed by atoms with Gasteiger partial charge in [0.25, 0.3) is 0 Å². The smallest absolute Gasteiger partial charge is 0.312 e. The van der Waals surface area contributed by atoms with Crippen molar-refractivity contribution in [3.05, 3.63) is 49.6 Å². The fourth-order valence-corrected chi connectivity index (χ4v) is 7.07. The molecule has 4 heterocycles. The van der Waals surface area contributed by atoms with Crippen molar-refractivity contribution in [1.82, 2.24) is 24.8 Å². The van der Waals surface area contributed by atoms with E-state index in [-0.39, 0.29) is 50.7 Å². The lowest BCUT2D eigenvalue weighted by Crippen LogP contribution is -2.56. The Morgan fingerprint density at radius 1 is 1.27 bits per heavy atom. The molecule has 1 N–H and O–H groups in total. The summed E-state index contributed by atoms with van der Waals surface area (Å²) in [4.78, 5) is 45.4. The Labute approximate surface area is 239 Å². The number of benzene rings is 1. The van der Waals surface area contributed by atoms with Gasteiger partial charge in [-0.05, 0) is 50.7 Å². The van der Waals surface area contributed by atoms with Crippen molar-refractivity contribution in [3.8, 4) is 0 Å². The summed E-state index contributed by atoms with van der Waals surface area (Å²) in [5, 5.41) is 17.9. The lowest BCUT2D eigenvalue weighted by Gasteiger charge is -2.37. The maximum absolute atomic E-state index is 14.6. The van der Waals surface area contributed by atoms with Crippen molar-refractivity contribution in [1.29, 1.82) is 0 Å². The number of nitrogens with zero attached hydrogens (tertiary/aromatic N) is 5. The Balaban J connectivity index is 1.53. The predicted molar refractivity (Wildman–Crippen MR) is 150 cm³/mol. The molecule has 2 aromatic rings. The number of hydrogen-bond acceptors (Lipinski definition) is 8. The van der Waals surface area contributed by atoms with Gasteiger partial charge in [-0.15, -0.1) is 18.3 Å². The minimum absolute atomic E-state index is 0.0267. The summed E-state index contributed by atoms with van der Waals surface area (Å²) in [5.74, 6) is -2.85. The van der Waals surface area contributed by atoms with Crippen LogP contribution in [0.15, 0.2) is 49.6 Å². The molecule has 2 bridgehead atoms. The highest BCUT2D eigenvalue weighted by atomic mass is 16.6. The largest absolute Gasteiger partial charge is 0.465 e. The summed E-state index contributed by atoms with van der Waals surface area (Å²) in [6.07, 6.45) is 5.24. The fourth-order valence-electron chi connectivity index (χ4n) is 7.07. The first-order chi connectivity index (χ1) is 19.7. The lowest BCUT2D eigenvalue weighted by molar-refractivity contribution is -0.162. The van der Waals surface area contributed by atoms with Crippen LogP contribution in [0.4, 0.5) is 0 Å². The van der Waals surface area contributed by atoms with E-state index in [1.165, 1.54) is 0 Å². The van der Waals surface area contributed by atoms with Gasteiger partial charge in [-0.1, -0.05) is 36.4 Å². The van der Waals surface area contributed by atoms with E-state index in [9.17, 15) is 19.5 Å². The van der Waals surface area contributed by atoms with Gasteiger partial charge >= 0.3 is 5.97 Å². The van der Waals surface area contributed by atoms with Crippen LogP contribution in [0.5, 0.6) is 0 Å². The highest BCUT2D eigenvalue weighted by molar-refractivity contribution is 5.98. The third-order valence-corrected chi connectivity index (χ3v) is 9.06. The van der Waals surface area contributed by atoms with Crippen molar-refractivity contribution in [3.63, 3.8) is 0 Å². The zero-order valence-corrected chi connectivity index (χ0v) is 23.8. The van der Waals surface area contributed by atoms with Crippen molar-refractivity contribution >= 4 is 28.8 Å². The minimum atomic E-state index is -1.19. The summed E-state index contributed by atoms with van der Waals surface area (Å²) in [6.45, 7) is 12.1. The second kappa shape index (κ2) is 11.4. The molecule has 1 aromatic heterocycles. The Hall–Kier alpha value is -3.57. The molecule has 3 aliphatic heterocycles. The molecule has 11 heteroatoms. The molecule has 3 aliphatic rings. The molecule has 0 aliphatic carbocycles. The van der Waals surface area contributed by atoms with Gasteiger partial charge in [0, 0.05) is 19.7 Å². The van der Waals surface area contributed by atoms with Gasteiger partial charge in [0.1, 0.15) is 29.7 Å². The fraction of sp³-hybridized carbons (Fsp3) is 0.567. The maximum Gasteiger partial charge on any atom is 0.312 e. The van der Waals surface area contributed by atoms with Gasteiger partial charge in [-0.2, -0.15) is 0 Å². The van der Waals surface area contributed by atoms with Gasteiger partial charge in [-0.3, -0.25) is 14.4 Å².